The minimum atomic E-state index is -0.725. The summed E-state index contributed by atoms with van der Waals surface area (Å²) in [6.07, 6.45) is 0.379. The monoisotopic (exact) mass is 413 g/mol. The number of hydrogen-bond acceptors (Lipinski definition) is 4. The average molecular weight is 414 g/mol. The first-order valence-electron chi connectivity index (χ1n) is 8.79. The Bertz CT molecular complexity index is 973. The summed E-state index contributed by atoms with van der Waals surface area (Å²) in [6, 6.07) is 20.4. The van der Waals surface area contributed by atoms with Gasteiger partial charge in [-0.2, -0.15) is 0 Å². The zero-order valence-corrected chi connectivity index (χ0v) is 16.9. The molecular weight excluding hydrogens is 394 g/mol. The van der Waals surface area contributed by atoms with Crippen LogP contribution in [0.25, 0.3) is 10.8 Å². The standard InChI is InChI=1S/C22H20ClNO3S/c1-27-22(26)18(13-15-7-3-2-4-8-15)24-20(25)14-28-19-12-6-10-16-9-5-11-17(23)21(16)19/h2-12,18H,13-14H2,1H3,(H,24,25)/t18-/m1/s1. The van der Waals surface area contributed by atoms with Gasteiger partial charge in [0.15, 0.2) is 0 Å². The fraction of sp³-hybridized carbons (Fsp3) is 0.182. The Balaban J connectivity index is 1.68. The highest BCUT2D eigenvalue weighted by molar-refractivity contribution is 8.00. The predicted octanol–water partition coefficient (Wildman–Crippen LogP) is 4.49. The van der Waals surface area contributed by atoms with E-state index in [1.165, 1.54) is 18.9 Å². The molecule has 0 spiro atoms. The Hall–Kier alpha value is -2.50. The van der Waals surface area contributed by atoms with Gasteiger partial charge in [0.25, 0.3) is 0 Å². The molecule has 0 saturated heterocycles. The fourth-order valence-electron chi connectivity index (χ4n) is 2.95. The Labute approximate surface area is 173 Å². The molecule has 6 heteroatoms. The van der Waals surface area contributed by atoms with Gasteiger partial charge in [0, 0.05) is 21.7 Å². The van der Waals surface area contributed by atoms with Gasteiger partial charge in [-0.15, -0.1) is 11.8 Å². The van der Waals surface area contributed by atoms with Gasteiger partial charge in [0.1, 0.15) is 6.04 Å². The van der Waals surface area contributed by atoms with Crippen LogP contribution < -0.4 is 5.32 Å². The number of amides is 1. The molecule has 0 aliphatic rings. The van der Waals surface area contributed by atoms with Crippen LogP contribution in [0.2, 0.25) is 5.02 Å². The maximum atomic E-state index is 12.5. The van der Waals surface area contributed by atoms with Crippen molar-refractivity contribution in [2.24, 2.45) is 0 Å². The zero-order chi connectivity index (χ0) is 19.9. The van der Waals surface area contributed by atoms with Crippen LogP contribution in [0, 0.1) is 0 Å². The molecular formula is C22H20ClNO3S. The van der Waals surface area contributed by atoms with E-state index in [2.05, 4.69) is 5.32 Å². The number of esters is 1. The highest BCUT2D eigenvalue weighted by Crippen LogP contribution is 2.33. The van der Waals surface area contributed by atoms with Crippen molar-refractivity contribution in [1.82, 2.24) is 5.32 Å². The summed E-state index contributed by atoms with van der Waals surface area (Å²) >= 11 is 7.73. The van der Waals surface area contributed by atoms with Crippen molar-refractivity contribution in [3.8, 4) is 0 Å². The van der Waals surface area contributed by atoms with Gasteiger partial charge < -0.3 is 10.1 Å². The molecule has 0 fully saturated rings. The Morgan fingerprint density at radius 3 is 2.46 bits per heavy atom. The molecule has 0 radical (unpaired) electrons. The van der Waals surface area contributed by atoms with E-state index >= 15 is 0 Å². The van der Waals surface area contributed by atoms with Crippen LogP contribution in [0.3, 0.4) is 0 Å². The average Bonchev–Trinajstić information content (AvgIpc) is 2.72. The van der Waals surface area contributed by atoms with E-state index in [9.17, 15) is 9.59 Å². The van der Waals surface area contributed by atoms with Gasteiger partial charge in [0.2, 0.25) is 5.91 Å². The van der Waals surface area contributed by atoms with E-state index in [4.69, 9.17) is 16.3 Å². The number of nitrogens with one attached hydrogen (secondary N) is 1. The molecule has 28 heavy (non-hydrogen) atoms. The summed E-state index contributed by atoms with van der Waals surface area (Å²) in [5.74, 6) is -0.525. The third-order valence-electron chi connectivity index (χ3n) is 4.28. The molecule has 3 aromatic rings. The number of fused-ring (bicyclic) bond motifs is 1. The Morgan fingerprint density at radius 2 is 1.75 bits per heavy atom. The number of methoxy groups -OCH3 is 1. The van der Waals surface area contributed by atoms with Gasteiger partial charge in [-0.05, 0) is 23.1 Å². The van der Waals surface area contributed by atoms with Crippen LogP contribution in [0.4, 0.5) is 0 Å². The maximum Gasteiger partial charge on any atom is 0.328 e. The van der Waals surface area contributed by atoms with Gasteiger partial charge in [-0.1, -0.05) is 66.2 Å². The first-order valence-corrected chi connectivity index (χ1v) is 10.2. The molecule has 0 aromatic heterocycles. The quantitative estimate of drug-likeness (QED) is 0.458. The van der Waals surface area contributed by atoms with Crippen LogP contribution in [0.15, 0.2) is 71.6 Å². The number of rotatable bonds is 7. The van der Waals surface area contributed by atoms with Gasteiger partial charge >= 0.3 is 5.97 Å². The lowest BCUT2D eigenvalue weighted by molar-refractivity contribution is -0.144. The number of hydrogen-bond donors (Lipinski definition) is 1. The fourth-order valence-corrected chi connectivity index (χ4v) is 4.20. The van der Waals surface area contributed by atoms with Crippen molar-refractivity contribution in [3.05, 3.63) is 77.3 Å². The summed E-state index contributed by atoms with van der Waals surface area (Å²) in [7, 11) is 1.32. The molecule has 1 N–H and O–H groups in total. The number of carbonyl (C=O) groups excluding carboxylic acids is 2. The molecule has 3 rings (SSSR count). The smallest absolute Gasteiger partial charge is 0.328 e. The SMILES string of the molecule is COC(=O)[C@@H](Cc1ccccc1)NC(=O)CSc1cccc2cccc(Cl)c12. The van der Waals surface area contributed by atoms with Crippen molar-refractivity contribution in [1.29, 1.82) is 0 Å². The van der Waals surface area contributed by atoms with Crippen LogP contribution in [0.5, 0.6) is 0 Å². The lowest BCUT2D eigenvalue weighted by atomic mass is 10.1. The van der Waals surface area contributed by atoms with E-state index < -0.39 is 12.0 Å². The maximum absolute atomic E-state index is 12.5. The molecule has 1 atom stereocenters. The van der Waals surface area contributed by atoms with E-state index in [1.807, 2.05) is 66.7 Å². The lowest BCUT2D eigenvalue weighted by Gasteiger charge is -2.17. The largest absolute Gasteiger partial charge is 0.467 e. The summed E-state index contributed by atoms with van der Waals surface area (Å²) in [5.41, 5.74) is 0.951. The molecule has 0 saturated carbocycles. The number of benzene rings is 3. The van der Waals surface area contributed by atoms with Gasteiger partial charge in [0.05, 0.1) is 12.9 Å². The first-order chi connectivity index (χ1) is 13.6. The second-order valence-corrected chi connectivity index (χ2v) is 7.64. The number of carbonyl (C=O) groups is 2. The molecule has 0 aliphatic heterocycles. The third kappa shape index (κ3) is 5.06. The molecule has 4 nitrogen and oxygen atoms in total. The second-order valence-electron chi connectivity index (χ2n) is 6.22. The van der Waals surface area contributed by atoms with Crippen molar-refractivity contribution in [2.45, 2.75) is 17.4 Å². The van der Waals surface area contributed by atoms with Crippen molar-refractivity contribution in [3.63, 3.8) is 0 Å². The van der Waals surface area contributed by atoms with Crippen LogP contribution in [-0.4, -0.2) is 30.8 Å². The number of ether oxygens (including phenoxy) is 1. The van der Waals surface area contributed by atoms with Crippen LogP contribution in [-0.2, 0) is 20.7 Å². The normalized spacial score (nSPS) is 11.8. The molecule has 0 aliphatic carbocycles. The first kappa shape index (κ1) is 20.2. The van der Waals surface area contributed by atoms with E-state index in [0.717, 1.165) is 21.2 Å². The van der Waals surface area contributed by atoms with E-state index in [-0.39, 0.29) is 11.7 Å². The minimum absolute atomic E-state index is 0.173. The van der Waals surface area contributed by atoms with Crippen LogP contribution >= 0.6 is 23.4 Å². The van der Waals surface area contributed by atoms with E-state index in [0.29, 0.717) is 11.4 Å². The lowest BCUT2D eigenvalue weighted by Crippen LogP contribution is -2.43. The van der Waals surface area contributed by atoms with E-state index in [1.54, 1.807) is 0 Å². The second kappa shape index (κ2) is 9.62. The highest BCUT2D eigenvalue weighted by atomic mass is 35.5. The summed E-state index contributed by atoms with van der Waals surface area (Å²) in [5, 5.41) is 5.38. The van der Waals surface area contributed by atoms with Crippen molar-refractivity contribution in [2.75, 3.05) is 12.9 Å². The third-order valence-corrected chi connectivity index (χ3v) is 5.65. The summed E-state index contributed by atoms with van der Waals surface area (Å²) in [6.45, 7) is 0. The zero-order valence-electron chi connectivity index (χ0n) is 15.4. The van der Waals surface area contributed by atoms with Crippen LogP contribution in [0.1, 0.15) is 5.56 Å². The van der Waals surface area contributed by atoms with Crippen molar-refractivity contribution >= 4 is 46.0 Å². The van der Waals surface area contributed by atoms with Gasteiger partial charge in [-0.25, -0.2) is 4.79 Å². The minimum Gasteiger partial charge on any atom is -0.467 e. The van der Waals surface area contributed by atoms with Gasteiger partial charge in [-0.3, -0.25) is 4.79 Å². The number of thioether (sulfide) groups is 1. The molecule has 0 bridgehead atoms. The summed E-state index contributed by atoms with van der Waals surface area (Å²) in [4.78, 5) is 25.5. The highest BCUT2D eigenvalue weighted by Gasteiger charge is 2.22. The molecule has 0 unspecified atom stereocenters. The topological polar surface area (TPSA) is 55.4 Å². The molecule has 3 aromatic carbocycles. The van der Waals surface area contributed by atoms with Crippen molar-refractivity contribution < 1.29 is 14.3 Å². The Morgan fingerprint density at radius 1 is 1.04 bits per heavy atom. The molecule has 0 heterocycles. The summed E-state index contributed by atoms with van der Waals surface area (Å²) < 4.78 is 4.84. The Kier molecular flexibility index (Phi) is 6.95. The molecule has 144 valence electrons. The number of halogens is 1. The molecule has 1 amide bonds. The predicted molar refractivity (Wildman–Crippen MR) is 114 cm³/mol.